The maximum atomic E-state index is 6.53. The largest absolute Gasteiger partial charge is 0.489 e. The Hall–Kier alpha value is -1.02. The predicted octanol–water partition coefficient (Wildman–Crippen LogP) is 4.55. The molecule has 2 unspecified atom stereocenters. The monoisotopic (exact) mass is 289 g/mol. The maximum Gasteiger partial charge on any atom is 0.125 e. The van der Waals surface area contributed by atoms with Crippen LogP contribution in [0.15, 0.2) is 12.1 Å². The fourth-order valence-corrected chi connectivity index (χ4v) is 3.89. The van der Waals surface area contributed by atoms with Gasteiger partial charge in [0.25, 0.3) is 0 Å². The summed E-state index contributed by atoms with van der Waals surface area (Å²) in [6.07, 6.45) is 3.82. The van der Waals surface area contributed by atoms with Gasteiger partial charge in [0, 0.05) is 17.9 Å². The van der Waals surface area contributed by atoms with Gasteiger partial charge in [-0.25, -0.2) is 0 Å². The molecule has 2 nitrogen and oxygen atoms in total. The average Bonchev–Trinajstić information content (AvgIpc) is 2.47. The van der Waals surface area contributed by atoms with E-state index in [0.717, 1.165) is 18.7 Å². The van der Waals surface area contributed by atoms with Crippen molar-refractivity contribution < 1.29 is 4.74 Å². The number of nitrogens with one attached hydrogen (secondary N) is 1. The predicted molar refractivity (Wildman–Crippen MR) is 90.2 cm³/mol. The van der Waals surface area contributed by atoms with Gasteiger partial charge in [0.1, 0.15) is 11.9 Å². The number of hydrogen-bond donors (Lipinski definition) is 1. The zero-order valence-corrected chi connectivity index (χ0v) is 14.5. The van der Waals surface area contributed by atoms with Crippen molar-refractivity contribution in [2.24, 2.45) is 5.41 Å². The van der Waals surface area contributed by atoms with Gasteiger partial charge in [-0.15, -0.1) is 0 Å². The van der Waals surface area contributed by atoms with Gasteiger partial charge in [0.15, 0.2) is 0 Å². The highest BCUT2D eigenvalue weighted by Gasteiger charge is 2.54. The Kier molecular flexibility index (Phi) is 4.98. The molecule has 1 aromatic carbocycles. The smallest absolute Gasteiger partial charge is 0.125 e. The van der Waals surface area contributed by atoms with Crippen LogP contribution in [0.4, 0.5) is 0 Å². The summed E-state index contributed by atoms with van der Waals surface area (Å²) < 4.78 is 6.53. The van der Waals surface area contributed by atoms with Crippen LogP contribution in [0.2, 0.25) is 0 Å². The molecule has 1 saturated carbocycles. The molecule has 2 heteroatoms. The van der Waals surface area contributed by atoms with Crippen molar-refractivity contribution in [2.45, 2.75) is 73.0 Å². The van der Waals surface area contributed by atoms with Gasteiger partial charge in [0.05, 0.1) is 0 Å². The molecule has 0 aromatic heterocycles. The van der Waals surface area contributed by atoms with Crippen molar-refractivity contribution >= 4 is 0 Å². The van der Waals surface area contributed by atoms with Crippen molar-refractivity contribution in [3.05, 3.63) is 28.8 Å². The number of rotatable bonds is 6. The highest BCUT2D eigenvalue weighted by Crippen LogP contribution is 2.49. The van der Waals surface area contributed by atoms with E-state index < -0.39 is 0 Å². The SMILES string of the molecule is CCNC1CC(Oc2c(C)ccc(C)c2C)C1(CC)CC. The first-order valence-electron chi connectivity index (χ1n) is 8.47. The Morgan fingerprint density at radius 2 is 1.71 bits per heavy atom. The van der Waals surface area contributed by atoms with E-state index in [4.69, 9.17) is 4.74 Å². The van der Waals surface area contributed by atoms with E-state index in [2.05, 4.69) is 59.0 Å². The molecule has 21 heavy (non-hydrogen) atoms. The lowest BCUT2D eigenvalue weighted by molar-refractivity contribution is -0.0859. The lowest BCUT2D eigenvalue weighted by atomic mass is 9.58. The summed E-state index contributed by atoms with van der Waals surface area (Å²) >= 11 is 0. The van der Waals surface area contributed by atoms with E-state index in [0.29, 0.717) is 17.6 Å². The van der Waals surface area contributed by atoms with Gasteiger partial charge in [-0.05, 0) is 56.8 Å². The van der Waals surface area contributed by atoms with Crippen molar-refractivity contribution in [1.29, 1.82) is 0 Å². The van der Waals surface area contributed by atoms with Gasteiger partial charge in [0.2, 0.25) is 0 Å². The molecule has 0 aliphatic heterocycles. The molecule has 0 spiro atoms. The average molecular weight is 289 g/mol. The minimum Gasteiger partial charge on any atom is -0.489 e. The summed E-state index contributed by atoms with van der Waals surface area (Å²) in [4.78, 5) is 0. The summed E-state index contributed by atoms with van der Waals surface area (Å²) in [7, 11) is 0. The number of benzene rings is 1. The quantitative estimate of drug-likeness (QED) is 0.829. The van der Waals surface area contributed by atoms with Crippen LogP contribution in [0.25, 0.3) is 0 Å². The molecule has 0 amide bonds. The zero-order chi connectivity index (χ0) is 15.6. The van der Waals surface area contributed by atoms with Crippen LogP contribution in [-0.2, 0) is 0 Å². The fourth-order valence-electron chi connectivity index (χ4n) is 3.89. The lowest BCUT2D eigenvalue weighted by Crippen LogP contribution is -2.64. The van der Waals surface area contributed by atoms with E-state index in [-0.39, 0.29) is 0 Å². The van der Waals surface area contributed by atoms with Crippen LogP contribution >= 0.6 is 0 Å². The number of aryl methyl sites for hydroxylation is 2. The third-order valence-corrected chi connectivity index (χ3v) is 5.69. The first kappa shape index (κ1) is 16.4. The Labute approximate surface area is 130 Å². The zero-order valence-electron chi connectivity index (χ0n) is 14.5. The molecular formula is C19H31NO. The molecule has 2 rings (SSSR count). The Bertz CT molecular complexity index is 491. The van der Waals surface area contributed by atoms with Crippen molar-refractivity contribution in [3.8, 4) is 5.75 Å². The van der Waals surface area contributed by atoms with Crippen molar-refractivity contribution in [3.63, 3.8) is 0 Å². The highest BCUT2D eigenvalue weighted by atomic mass is 16.5. The van der Waals surface area contributed by atoms with Crippen LogP contribution < -0.4 is 10.1 Å². The molecule has 1 aliphatic carbocycles. The topological polar surface area (TPSA) is 21.3 Å². The molecule has 118 valence electrons. The van der Waals surface area contributed by atoms with Crippen LogP contribution in [0.1, 0.15) is 56.7 Å². The van der Waals surface area contributed by atoms with Crippen LogP contribution in [0.5, 0.6) is 5.75 Å². The molecular weight excluding hydrogens is 258 g/mol. The number of ether oxygens (including phenoxy) is 1. The summed E-state index contributed by atoms with van der Waals surface area (Å²) in [6, 6.07) is 4.97. The second-order valence-corrected chi connectivity index (χ2v) is 6.55. The first-order chi connectivity index (χ1) is 10.00. The van der Waals surface area contributed by atoms with Gasteiger partial charge >= 0.3 is 0 Å². The Morgan fingerprint density at radius 3 is 2.29 bits per heavy atom. The van der Waals surface area contributed by atoms with Crippen LogP contribution in [0, 0.1) is 26.2 Å². The summed E-state index contributed by atoms with van der Waals surface area (Å²) in [5.74, 6) is 1.11. The second kappa shape index (κ2) is 6.39. The normalized spacial score (nSPS) is 23.7. The molecule has 0 saturated heterocycles. The summed E-state index contributed by atoms with van der Waals surface area (Å²) in [6.45, 7) is 14.3. The van der Waals surface area contributed by atoms with E-state index in [1.807, 2.05) is 0 Å². The van der Waals surface area contributed by atoms with E-state index in [9.17, 15) is 0 Å². The third-order valence-electron chi connectivity index (χ3n) is 5.69. The third kappa shape index (κ3) is 2.70. The second-order valence-electron chi connectivity index (χ2n) is 6.55. The molecule has 0 heterocycles. The first-order valence-corrected chi connectivity index (χ1v) is 8.47. The van der Waals surface area contributed by atoms with Crippen LogP contribution in [-0.4, -0.2) is 18.7 Å². The Balaban J connectivity index is 2.23. The molecule has 0 bridgehead atoms. The van der Waals surface area contributed by atoms with Crippen LogP contribution in [0.3, 0.4) is 0 Å². The van der Waals surface area contributed by atoms with E-state index >= 15 is 0 Å². The van der Waals surface area contributed by atoms with Gasteiger partial charge in [-0.2, -0.15) is 0 Å². The maximum absolute atomic E-state index is 6.53. The number of hydrogen-bond acceptors (Lipinski definition) is 2. The van der Waals surface area contributed by atoms with E-state index in [1.165, 1.54) is 29.5 Å². The molecule has 0 radical (unpaired) electrons. The molecule has 1 aliphatic rings. The molecule has 1 fully saturated rings. The van der Waals surface area contributed by atoms with Crippen molar-refractivity contribution in [2.75, 3.05) is 6.54 Å². The highest BCUT2D eigenvalue weighted by molar-refractivity contribution is 5.45. The molecule has 2 atom stereocenters. The lowest BCUT2D eigenvalue weighted by Gasteiger charge is -2.55. The standard InChI is InChI=1S/C19H31NO/c1-7-19(8-2)16(20-9-3)12-17(19)21-18-14(5)11-10-13(4)15(18)6/h10-11,16-17,20H,7-9,12H2,1-6H3. The summed E-state index contributed by atoms with van der Waals surface area (Å²) in [5, 5.41) is 3.65. The minimum absolute atomic E-state index is 0.290. The molecule has 1 aromatic rings. The van der Waals surface area contributed by atoms with Gasteiger partial charge in [-0.3, -0.25) is 0 Å². The fraction of sp³-hybridized carbons (Fsp3) is 0.684. The van der Waals surface area contributed by atoms with Gasteiger partial charge in [-0.1, -0.05) is 32.9 Å². The van der Waals surface area contributed by atoms with E-state index in [1.54, 1.807) is 0 Å². The summed E-state index contributed by atoms with van der Waals surface area (Å²) in [5.41, 5.74) is 4.16. The van der Waals surface area contributed by atoms with Crippen molar-refractivity contribution in [1.82, 2.24) is 5.32 Å². The van der Waals surface area contributed by atoms with Gasteiger partial charge < -0.3 is 10.1 Å². The molecule has 1 N–H and O–H groups in total. The minimum atomic E-state index is 0.290. The Morgan fingerprint density at radius 1 is 1.10 bits per heavy atom.